The van der Waals surface area contributed by atoms with E-state index in [1.807, 2.05) is 24.3 Å². The van der Waals surface area contributed by atoms with E-state index in [2.05, 4.69) is 17.5 Å². The van der Waals surface area contributed by atoms with Crippen molar-refractivity contribution < 1.29 is 18.7 Å². The first kappa shape index (κ1) is 17.5. The van der Waals surface area contributed by atoms with Gasteiger partial charge in [-0.3, -0.25) is 4.79 Å². The molecule has 0 aliphatic rings. The average Bonchev–Trinajstić information content (AvgIpc) is 2.60. The Hall–Kier alpha value is -2.89. The van der Waals surface area contributed by atoms with Crippen LogP contribution in [0.3, 0.4) is 0 Å². The molecule has 24 heavy (non-hydrogen) atoms. The summed E-state index contributed by atoms with van der Waals surface area (Å²) in [5.41, 5.74) is 4.03. The van der Waals surface area contributed by atoms with Crippen LogP contribution in [0.25, 0.3) is 0 Å². The molecule has 6 heteroatoms. The predicted molar refractivity (Wildman–Crippen MR) is 90.0 cm³/mol. The van der Waals surface area contributed by atoms with Crippen LogP contribution in [0.15, 0.2) is 47.6 Å². The molecule has 0 aromatic heterocycles. The van der Waals surface area contributed by atoms with Gasteiger partial charge < -0.3 is 9.47 Å². The van der Waals surface area contributed by atoms with Crippen molar-refractivity contribution in [2.75, 3.05) is 13.7 Å². The van der Waals surface area contributed by atoms with Gasteiger partial charge in [-0.2, -0.15) is 5.10 Å². The van der Waals surface area contributed by atoms with Crippen molar-refractivity contribution in [3.05, 3.63) is 59.4 Å². The fraction of sp³-hybridized carbons (Fsp3) is 0.222. The number of carbonyl (C=O) groups excluding carboxylic acids is 1. The summed E-state index contributed by atoms with van der Waals surface area (Å²) in [6.45, 7) is 1.91. The van der Waals surface area contributed by atoms with Crippen molar-refractivity contribution in [2.45, 2.75) is 13.3 Å². The molecule has 0 aliphatic heterocycles. The second-order valence-corrected chi connectivity index (χ2v) is 4.97. The second-order valence-electron chi connectivity index (χ2n) is 4.97. The van der Waals surface area contributed by atoms with E-state index >= 15 is 0 Å². The number of nitrogens with zero attached hydrogens (tertiary/aromatic N) is 1. The van der Waals surface area contributed by atoms with Gasteiger partial charge in [0, 0.05) is 0 Å². The Morgan fingerprint density at radius 1 is 1.25 bits per heavy atom. The summed E-state index contributed by atoms with van der Waals surface area (Å²) in [4.78, 5) is 11.7. The molecule has 0 unspecified atom stereocenters. The highest BCUT2D eigenvalue weighted by Gasteiger charge is 2.03. The monoisotopic (exact) mass is 330 g/mol. The lowest BCUT2D eigenvalue weighted by molar-refractivity contribution is -0.123. The first-order valence-electron chi connectivity index (χ1n) is 7.49. The van der Waals surface area contributed by atoms with Crippen LogP contribution >= 0.6 is 0 Å². The molecule has 0 saturated carbocycles. The van der Waals surface area contributed by atoms with Crippen LogP contribution in [-0.2, 0) is 11.2 Å². The lowest BCUT2D eigenvalue weighted by Gasteiger charge is -2.05. The van der Waals surface area contributed by atoms with Crippen LogP contribution < -0.4 is 14.9 Å². The Kier molecular flexibility index (Phi) is 6.31. The summed E-state index contributed by atoms with van der Waals surface area (Å²) in [5, 5.41) is 3.77. The zero-order chi connectivity index (χ0) is 17.4. The Bertz CT molecular complexity index is 715. The molecule has 0 heterocycles. The van der Waals surface area contributed by atoms with Crippen LogP contribution in [0.2, 0.25) is 0 Å². The maximum atomic E-state index is 13.5. The van der Waals surface area contributed by atoms with E-state index in [1.54, 1.807) is 6.07 Å². The van der Waals surface area contributed by atoms with Gasteiger partial charge in [-0.05, 0) is 47.9 Å². The number of amides is 1. The highest BCUT2D eigenvalue weighted by Crippen LogP contribution is 2.16. The zero-order valence-corrected chi connectivity index (χ0v) is 13.6. The molecule has 0 fully saturated rings. The number of halogens is 1. The standard InChI is InChI=1S/C18H19FN2O3/c1-3-13-4-7-15(8-5-13)24-12-18(22)21-20-11-14-6-9-17(23-2)16(19)10-14/h4-11H,3,12H2,1-2H3,(H,21,22)/b20-11-. The van der Waals surface area contributed by atoms with E-state index in [1.165, 1.54) is 31.0 Å². The van der Waals surface area contributed by atoms with Crippen molar-refractivity contribution in [2.24, 2.45) is 5.10 Å². The third-order valence-corrected chi connectivity index (χ3v) is 3.28. The van der Waals surface area contributed by atoms with Gasteiger partial charge >= 0.3 is 0 Å². The van der Waals surface area contributed by atoms with Gasteiger partial charge in [0.1, 0.15) is 5.75 Å². The largest absolute Gasteiger partial charge is 0.494 e. The number of rotatable bonds is 7. The van der Waals surface area contributed by atoms with Gasteiger partial charge in [0.2, 0.25) is 0 Å². The fourth-order valence-electron chi connectivity index (χ4n) is 1.94. The lowest BCUT2D eigenvalue weighted by Crippen LogP contribution is -2.24. The summed E-state index contributed by atoms with van der Waals surface area (Å²) < 4.78 is 23.7. The number of aryl methyl sites for hydroxylation is 1. The first-order valence-corrected chi connectivity index (χ1v) is 7.49. The van der Waals surface area contributed by atoms with E-state index in [0.29, 0.717) is 11.3 Å². The second kappa shape index (κ2) is 8.67. The topological polar surface area (TPSA) is 59.9 Å². The van der Waals surface area contributed by atoms with E-state index in [4.69, 9.17) is 9.47 Å². The Morgan fingerprint density at radius 2 is 2.00 bits per heavy atom. The molecule has 0 atom stereocenters. The Morgan fingerprint density at radius 3 is 2.62 bits per heavy atom. The third-order valence-electron chi connectivity index (χ3n) is 3.28. The normalized spacial score (nSPS) is 10.6. The maximum Gasteiger partial charge on any atom is 0.277 e. The minimum atomic E-state index is -0.494. The summed E-state index contributed by atoms with van der Waals surface area (Å²) in [7, 11) is 1.39. The molecule has 0 radical (unpaired) electrons. The fourth-order valence-corrected chi connectivity index (χ4v) is 1.94. The smallest absolute Gasteiger partial charge is 0.277 e. The minimum Gasteiger partial charge on any atom is -0.494 e. The minimum absolute atomic E-state index is 0.152. The molecular formula is C18H19FN2O3. The van der Waals surface area contributed by atoms with Crippen LogP contribution in [0.1, 0.15) is 18.1 Å². The van der Waals surface area contributed by atoms with Gasteiger partial charge in [0.15, 0.2) is 18.2 Å². The van der Waals surface area contributed by atoms with Gasteiger partial charge in [-0.25, -0.2) is 9.82 Å². The molecule has 1 amide bonds. The van der Waals surface area contributed by atoms with Crippen molar-refractivity contribution in [3.63, 3.8) is 0 Å². The van der Waals surface area contributed by atoms with E-state index in [-0.39, 0.29) is 12.4 Å². The van der Waals surface area contributed by atoms with E-state index in [9.17, 15) is 9.18 Å². The van der Waals surface area contributed by atoms with Gasteiger partial charge in [-0.1, -0.05) is 19.1 Å². The third kappa shape index (κ3) is 5.08. The van der Waals surface area contributed by atoms with Crippen molar-refractivity contribution in [1.29, 1.82) is 0 Å². The molecule has 126 valence electrons. The summed E-state index contributed by atoms with van der Waals surface area (Å²) in [6.07, 6.45) is 2.29. The Labute approximate surface area is 140 Å². The average molecular weight is 330 g/mol. The molecular weight excluding hydrogens is 311 g/mol. The first-order chi connectivity index (χ1) is 11.6. The van der Waals surface area contributed by atoms with Gasteiger partial charge in [-0.15, -0.1) is 0 Å². The number of hydrazone groups is 1. The molecule has 5 nitrogen and oxygen atoms in total. The zero-order valence-electron chi connectivity index (χ0n) is 13.6. The molecule has 0 saturated heterocycles. The summed E-state index contributed by atoms with van der Waals surface area (Å²) >= 11 is 0. The molecule has 2 rings (SSSR count). The van der Waals surface area contributed by atoms with Crippen molar-refractivity contribution in [3.8, 4) is 11.5 Å². The molecule has 0 bridgehead atoms. The molecule has 0 aliphatic carbocycles. The summed E-state index contributed by atoms with van der Waals surface area (Å²) in [6, 6.07) is 11.9. The lowest BCUT2D eigenvalue weighted by atomic mass is 10.2. The molecule has 0 spiro atoms. The number of hydrogen-bond acceptors (Lipinski definition) is 4. The Balaban J connectivity index is 1.80. The number of methoxy groups -OCH3 is 1. The van der Waals surface area contributed by atoms with Gasteiger partial charge in [0.25, 0.3) is 5.91 Å². The number of benzene rings is 2. The van der Waals surface area contributed by atoms with Crippen molar-refractivity contribution in [1.82, 2.24) is 5.43 Å². The molecule has 2 aromatic rings. The number of ether oxygens (including phenoxy) is 2. The van der Waals surface area contributed by atoms with Crippen LogP contribution in [0.4, 0.5) is 4.39 Å². The van der Waals surface area contributed by atoms with Gasteiger partial charge in [0.05, 0.1) is 13.3 Å². The van der Waals surface area contributed by atoms with Crippen LogP contribution in [-0.4, -0.2) is 25.8 Å². The number of hydrogen-bond donors (Lipinski definition) is 1. The predicted octanol–water partition coefficient (Wildman–Crippen LogP) is 2.93. The molecule has 2 aromatic carbocycles. The van der Waals surface area contributed by atoms with Crippen molar-refractivity contribution >= 4 is 12.1 Å². The van der Waals surface area contributed by atoms with E-state index < -0.39 is 11.7 Å². The maximum absolute atomic E-state index is 13.5. The SMILES string of the molecule is CCc1ccc(OCC(=O)N/N=C\c2ccc(OC)c(F)c2)cc1. The number of carbonyl (C=O) groups is 1. The quantitative estimate of drug-likeness (QED) is 0.627. The molecule has 1 N–H and O–H groups in total. The van der Waals surface area contributed by atoms with E-state index in [0.717, 1.165) is 6.42 Å². The van der Waals surface area contributed by atoms with Crippen LogP contribution in [0, 0.1) is 5.82 Å². The number of nitrogens with one attached hydrogen (secondary N) is 1. The highest BCUT2D eigenvalue weighted by molar-refractivity contribution is 5.83. The highest BCUT2D eigenvalue weighted by atomic mass is 19.1. The van der Waals surface area contributed by atoms with Crippen LogP contribution in [0.5, 0.6) is 11.5 Å². The summed E-state index contributed by atoms with van der Waals surface area (Å²) in [5.74, 6) is -0.131.